The molecule has 0 unspecified atom stereocenters. The van der Waals surface area contributed by atoms with Crippen molar-refractivity contribution in [3.05, 3.63) is 28.8 Å². The molecular weight excluding hydrogens is 222 g/mol. The second kappa shape index (κ2) is 6.77. The molecule has 0 aliphatic carbocycles. The third-order valence-corrected chi connectivity index (χ3v) is 2.93. The normalized spacial score (nSPS) is 10.5. The highest BCUT2D eigenvalue weighted by Crippen LogP contribution is 2.23. The standard InChI is InChI=1S/C13H20ClNO/c1-10-8-12(4-6-15-7-5-14)13(16-3)9-11(10)2/h8-9,15H,4-7H2,1-3H3. The van der Waals surface area contributed by atoms with Gasteiger partial charge in [-0.25, -0.2) is 0 Å². The van der Waals surface area contributed by atoms with E-state index in [9.17, 15) is 0 Å². The summed E-state index contributed by atoms with van der Waals surface area (Å²) < 4.78 is 5.38. The molecule has 0 aliphatic rings. The Hall–Kier alpha value is -0.730. The molecule has 1 aromatic rings. The van der Waals surface area contributed by atoms with Crippen molar-refractivity contribution in [2.45, 2.75) is 20.3 Å². The molecule has 0 aliphatic heterocycles. The molecule has 0 radical (unpaired) electrons. The minimum atomic E-state index is 0.657. The van der Waals surface area contributed by atoms with Crippen LogP contribution in [0.2, 0.25) is 0 Å². The van der Waals surface area contributed by atoms with E-state index in [2.05, 4.69) is 31.3 Å². The van der Waals surface area contributed by atoms with Gasteiger partial charge >= 0.3 is 0 Å². The van der Waals surface area contributed by atoms with Crippen LogP contribution in [-0.2, 0) is 6.42 Å². The Morgan fingerprint density at radius 3 is 2.50 bits per heavy atom. The van der Waals surface area contributed by atoms with Crippen molar-refractivity contribution in [1.82, 2.24) is 5.32 Å². The summed E-state index contributed by atoms with van der Waals surface area (Å²) in [6, 6.07) is 4.31. The SMILES string of the molecule is COc1cc(C)c(C)cc1CCNCCCl. The maximum Gasteiger partial charge on any atom is 0.122 e. The minimum absolute atomic E-state index is 0.657. The molecule has 0 saturated carbocycles. The van der Waals surface area contributed by atoms with Crippen LogP contribution in [0.4, 0.5) is 0 Å². The lowest BCUT2D eigenvalue weighted by Crippen LogP contribution is -2.19. The molecule has 0 aromatic heterocycles. The fraction of sp³-hybridized carbons (Fsp3) is 0.538. The van der Waals surface area contributed by atoms with Crippen molar-refractivity contribution in [1.29, 1.82) is 0 Å². The molecule has 3 heteroatoms. The Kier molecular flexibility index (Phi) is 5.64. The quantitative estimate of drug-likeness (QED) is 0.611. The first-order valence-electron chi connectivity index (χ1n) is 5.59. The minimum Gasteiger partial charge on any atom is -0.496 e. The molecule has 1 rings (SSSR count). The zero-order valence-electron chi connectivity index (χ0n) is 10.3. The number of halogens is 1. The Balaban J connectivity index is 2.66. The average Bonchev–Trinajstić information content (AvgIpc) is 2.28. The number of benzene rings is 1. The van der Waals surface area contributed by atoms with Crippen molar-refractivity contribution in [3.8, 4) is 5.75 Å². The van der Waals surface area contributed by atoms with Gasteiger partial charge < -0.3 is 10.1 Å². The molecule has 2 nitrogen and oxygen atoms in total. The van der Waals surface area contributed by atoms with Gasteiger partial charge in [0.2, 0.25) is 0 Å². The first-order chi connectivity index (χ1) is 7.69. The molecule has 1 aromatic carbocycles. The zero-order valence-corrected chi connectivity index (χ0v) is 11.0. The number of methoxy groups -OCH3 is 1. The number of rotatable bonds is 6. The summed E-state index contributed by atoms with van der Waals surface area (Å²) in [7, 11) is 1.72. The van der Waals surface area contributed by atoms with Crippen LogP contribution in [0.5, 0.6) is 5.75 Å². The molecular formula is C13H20ClNO. The van der Waals surface area contributed by atoms with Gasteiger partial charge in [-0.2, -0.15) is 0 Å². The highest BCUT2D eigenvalue weighted by Gasteiger charge is 2.05. The van der Waals surface area contributed by atoms with Gasteiger partial charge in [0.1, 0.15) is 5.75 Å². The second-order valence-electron chi connectivity index (χ2n) is 3.94. The molecule has 0 atom stereocenters. The van der Waals surface area contributed by atoms with E-state index in [0.29, 0.717) is 5.88 Å². The lowest BCUT2D eigenvalue weighted by atomic mass is 10.0. The van der Waals surface area contributed by atoms with Crippen LogP contribution in [-0.4, -0.2) is 26.1 Å². The van der Waals surface area contributed by atoms with E-state index in [1.54, 1.807) is 7.11 Å². The van der Waals surface area contributed by atoms with E-state index in [-0.39, 0.29) is 0 Å². The maximum atomic E-state index is 5.60. The Morgan fingerprint density at radius 2 is 1.88 bits per heavy atom. The second-order valence-corrected chi connectivity index (χ2v) is 4.32. The van der Waals surface area contributed by atoms with Gasteiger partial charge in [0.25, 0.3) is 0 Å². The first kappa shape index (κ1) is 13.3. The van der Waals surface area contributed by atoms with Crippen LogP contribution in [0.25, 0.3) is 0 Å². The molecule has 0 bridgehead atoms. The fourth-order valence-electron chi connectivity index (χ4n) is 1.65. The number of hydrogen-bond donors (Lipinski definition) is 1. The van der Waals surface area contributed by atoms with E-state index in [1.807, 2.05) is 0 Å². The van der Waals surface area contributed by atoms with Gasteiger partial charge in [-0.3, -0.25) is 0 Å². The summed E-state index contributed by atoms with van der Waals surface area (Å²) in [5.41, 5.74) is 3.84. The molecule has 16 heavy (non-hydrogen) atoms. The lowest BCUT2D eigenvalue weighted by molar-refractivity contribution is 0.408. The third kappa shape index (κ3) is 3.69. The number of hydrogen-bond acceptors (Lipinski definition) is 2. The summed E-state index contributed by atoms with van der Waals surface area (Å²) in [4.78, 5) is 0. The molecule has 0 fully saturated rings. The zero-order chi connectivity index (χ0) is 12.0. The highest BCUT2D eigenvalue weighted by atomic mass is 35.5. The van der Waals surface area contributed by atoms with Crippen molar-refractivity contribution in [3.63, 3.8) is 0 Å². The summed E-state index contributed by atoms with van der Waals surface area (Å²) in [6.45, 7) is 6.03. The number of aryl methyl sites for hydroxylation is 2. The summed E-state index contributed by atoms with van der Waals surface area (Å²) >= 11 is 5.60. The number of ether oxygens (including phenoxy) is 1. The molecule has 0 spiro atoms. The van der Waals surface area contributed by atoms with Crippen LogP contribution in [0.15, 0.2) is 12.1 Å². The van der Waals surface area contributed by atoms with Gasteiger partial charge in [-0.1, -0.05) is 6.07 Å². The molecule has 1 N–H and O–H groups in total. The van der Waals surface area contributed by atoms with Crippen molar-refractivity contribution in [2.24, 2.45) is 0 Å². The van der Waals surface area contributed by atoms with Crippen molar-refractivity contribution < 1.29 is 4.74 Å². The number of alkyl halides is 1. The van der Waals surface area contributed by atoms with Gasteiger partial charge in [-0.05, 0) is 49.6 Å². The smallest absolute Gasteiger partial charge is 0.122 e. The topological polar surface area (TPSA) is 21.3 Å². The van der Waals surface area contributed by atoms with Crippen molar-refractivity contribution in [2.75, 3.05) is 26.1 Å². The molecule has 0 amide bonds. The van der Waals surface area contributed by atoms with E-state index >= 15 is 0 Å². The van der Waals surface area contributed by atoms with E-state index in [4.69, 9.17) is 16.3 Å². The van der Waals surface area contributed by atoms with E-state index in [0.717, 1.165) is 25.3 Å². The largest absolute Gasteiger partial charge is 0.496 e. The maximum absolute atomic E-state index is 5.60. The Morgan fingerprint density at radius 1 is 1.19 bits per heavy atom. The van der Waals surface area contributed by atoms with Gasteiger partial charge in [0.15, 0.2) is 0 Å². The van der Waals surface area contributed by atoms with Crippen LogP contribution >= 0.6 is 11.6 Å². The van der Waals surface area contributed by atoms with Gasteiger partial charge in [0, 0.05) is 12.4 Å². The molecule has 0 heterocycles. The van der Waals surface area contributed by atoms with Crippen LogP contribution in [0.1, 0.15) is 16.7 Å². The Labute approximate surface area is 103 Å². The van der Waals surface area contributed by atoms with Crippen LogP contribution in [0, 0.1) is 13.8 Å². The van der Waals surface area contributed by atoms with Gasteiger partial charge in [-0.15, -0.1) is 11.6 Å². The number of nitrogens with one attached hydrogen (secondary N) is 1. The van der Waals surface area contributed by atoms with Crippen molar-refractivity contribution >= 4 is 11.6 Å². The average molecular weight is 242 g/mol. The van der Waals surface area contributed by atoms with Crippen LogP contribution < -0.4 is 10.1 Å². The predicted molar refractivity (Wildman–Crippen MR) is 69.8 cm³/mol. The monoisotopic (exact) mass is 241 g/mol. The van der Waals surface area contributed by atoms with Gasteiger partial charge in [0.05, 0.1) is 7.11 Å². The predicted octanol–water partition coefficient (Wildman–Crippen LogP) is 2.68. The Bertz CT molecular complexity index is 339. The summed E-state index contributed by atoms with van der Waals surface area (Å²) in [5.74, 6) is 1.64. The third-order valence-electron chi connectivity index (χ3n) is 2.74. The summed E-state index contributed by atoms with van der Waals surface area (Å²) in [6.07, 6.45) is 0.973. The van der Waals surface area contributed by atoms with E-state index < -0.39 is 0 Å². The molecule has 90 valence electrons. The van der Waals surface area contributed by atoms with Crippen LogP contribution in [0.3, 0.4) is 0 Å². The summed E-state index contributed by atoms with van der Waals surface area (Å²) in [5, 5.41) is 3.28. The van der Waals surface area contributed by atoms with E-state index in [1.165, 1.54) is 16.7 Å². The fourth-order valence-corrected chi connectivity index (χ4v) is 1.78. The highest BCUT2D eigenvalue weighted by molar-refractivity contribution is 6.18. The lowest BCUT2D eigenvalue weighted by Gasteiger charge is -2.12. The first-order valence-corrected chi connectivity index (χ1v) is 6.13. The molecule has 0 saturated heterocycles.